The summed E-state index contributed by atoms with van der Waals surface area (Å²) in [6.45, 7) is 16.0. The molecule has 1 aliphatic rings. The molecule has 0 amide bonds. The summed E-state index contributed by atoms with van der Waals surface area (Å²) in [7, 11) is 0. The summed E-state index contributed by atoms with van der Waals surface area (Å²) < 4.78 is 16.6. The normalized spacial score (nSPS) is 17.0. The Morgan fingerprint density at radius 3 is 2.08 bits per heavy atom. The van der Waals surface area contributed by atoms with Crippen LogP contribution in [-0.4, -0.2) is 89.3 Å². The van der Waals surface area contributed by atoms with Crippen molar-refractivity contribution in [3.05, 3.63) is 0 Å². The third-order valence-corrected chi connectivity index (χ3v) is 4.13. The molecule has 24 heavy (non-hydrogen) atoms. The minimum absolute atomic E-state index is 0.586. The van der Waals surface area contributed by atoms with Gasteiger partial charge in [-0.2, -0.15) is 0 Å². The SMILES string of the molecule is CCNCCOCCOCCOCCN1CCC(NC(C)C)CC1. The quantitative estimate of drug-likeness (QED) is 0.434. The second-order valence-electron chi connectivity index (χ2n) is 6.63. The number of hydrogen-bond acceptors (Lipinski definition) is 6. The number of ether oxygens (including phenoxy) is 3. The highest BCUT2D eigenvalue weighted by Crippen LogP contribution is 2.10. The van der Waals surface area contributed by atoms with E-state index in [2.05, 4.69) is 36.3 Å². The molecule has 0 saturated carbocycles. The van der Waals surface area contributed by atoms with Gasteiger partial charge in [0.2, 0.25) is 0 Å². The monoisotopic (exact) mass is 345 g/mol. The molecular weight excluding hydrogens is 306 g/mol. The number of nitrogens with one attached hydrogen (secondary N) is 2. The Morgan fingerprint density at radius 1 is 0.917 bits per heavy atom. The summed E-state index contributed by atoms with van der Waals surface area (Å²) in [5.74, 6) is 0. The van der Waals surface area contributed by atoms with Gasteiger partial charge in [0, 0.05) is 25.2 Å². The van der Waals surface area contributed by atoms with E-state index < -0.39 is 0 Å². The lowest BCUT2D eigenvalue weighted by atomic mass is 10.0. The van der Waals surface area contributed by atoms with E-state index >= 15 is 0 Å². The zero-order valence-corrected chi connectivity index (χ0v) is 16.0. The predicted molar refractivity (Wildman–Crippen MR) is 98.7 cm³/mol. The van der Waals surface area contributed by atoms with Gasteiger partial charge in [-0.15, -0.1) is 0 Å². The molecule has 6 nitrogen and oxygen atoms in total. The van der Waals surface area contributed by atoms with Crippen LogP contribution in [0.1, 0.15) is 33.6 Å². The van der Waals surface area contributed by atoms with Crippen molar-refractivity contribution in [1.82, 2.24) is 15.5 Å². The Hall–Kier alpha value is -0.240. The molecule has 0 radical (unpaired) electrons. The first-order chi connectivity index (χ1) is 11.7. The van der Waals surface area contributed by atoms with Gasteiger partial charge in [-0.25, -0.2) is 0 Å². The van der Waals surface area contributed by atoms with Crippen molar-refractivity contribution in [3.63, 3.8) is 0 Å². The predicted octanol–water partition coefficient (Wildman–Crippen LogP) is 1.11. The lowest BCUT2D eigenvalue weighted by molar-refractivity contribution is 0.00984. The maximum Gasteiger partial charge on any atom is 0.0701 e. The summed E-state index contributed by atoms with van der Waals surface area (Å²) in [6.07, 6.45) is 2.49. The number of piperidine rings is 1. The number of nitrogens with zero attached hydrogens (tertiary/aromatic N) is 1. The largest absolute Gasteiger partial charge is 0.378 e. The van der Waals surface area contributed by atoms with Crippen LogP contribution in [0.4, 0.5) is 0 Å². The first-order valence-corrected chi connectivity index (χ1v) is 9.64. The summed E-state index contributed by atoms with van der Waals surface area (Å²) in [5, 5.41) is 6.85. The van der Waals surface area contributed by atoms with E-state index in [0.717, 1.165) is 32.8 Å². The molecule has 0 aromatic carbocycles. The molecule has 0 bridgehead atoms. The van der Waals surface area contributed by atoms with E-state index in [1.54, 1.807) is 0 Å². The average molecular weight is 346 g/mol. The maximum absolute atomic E-state index is 5.65. The Balaban J connectivity index is 1.79. The molecule has 0 aliphatic carbocycles. The lowest BCUT2D eigenvalue weighted by Crippen LogP contribution is -2.45. The third-order valence-electron chi connectivity index (χ3n) is 4.13. The highest BCUT2D eigenvalue weighted by molar-refractivity contribution is 4.78. The van der Waals surface area contributed by atoms with Crippen LogP contribution in [-0.2, 0) is 14.2 Å². The zero-order valence-electron chi connectivity index (χ0n) is 16.0. The van der Waals surface area contributed by atoms with Gasteiger partial charge in [0.05, 0.1) is 39.6 Å². The average Bonchev–Trinajstić information content (AvgIpc) is 2.57. The van der Waals surface area contributed by atoms with Crippen molar-refractivity contribution in [2.24, 2.45) is 0 Å². The van der Waals surface area contributed by atoms with Gasteiger partial charge in [-0.3, -0.25) is 0 Å². The molecule has 1 rings (SSSR count). The Labute approximate surface area is 148 Å². The van der Waals surface area contributed by atoms with Gasteiger partial charge in [0.1, 0.15) is 0 Å². The van der Waals surface area contributed by atoms with Crippen molar-refractivity contribution in [1.29, 1.82) is 0 Å². The van der Waals surface area contributed by atoms with E-state index in [4.69, 9.17) is 14.2 Å². The van der Waals surface area contributed by atoms with Gasteiger partial charge in [-0.1, -0.05) is 20.8 Å². The van der Waals surface area contributed by atoms with Crippen molar-refractivity contribution >= 4 is 0 Å². The van der Waals surface area contributed by atoms with Gasteiger partial charge >= 0.3 is 0 Å². The van der Waals surface area contributed by atoms with Crippen LogP contribution in [0, 0.1) is 0 Å². The van der Waals surface area contributed by atoms with Gasteiger partial charge < -0.3 is 29.7 Å². The molecule has 2 N–H and O–H groups in total. The number of likely N-dealkylation sites (N-methyl/N-ethyl adjacent to an activating group) is 1. The van der Waals surface area contributed by atoms with Crippen LogP contribution < -0.4 is 10.6 Å². The maximum atomic E-state index is 5.65. The molecule has 0 aromatic rings. The standard InChI is InChI=1S/C18H39N3O3/c1-4-19-7-11-22-13-15-24-16-14-23-12-10-21-8-5-18(6-9-21)20-17(2)3/h17-20H,4-16H2,1-3H3. The molecule has 0 aromatic heterocycles. The molecule has 1 saturated heterocycles. The van der Waals surface area contributed by atoms with Gasteiger partial charge in [0.15, 0.2) is 0 Å². The van der Waals surface area contributed by atoms with Crippen LogP contribution in [0.5, 0.6) is 0 Å². The Morgan fingerprint density at radius 2 is 1.50 bits per heavy atom. The van der Waals surface area contributed by atoms with Crippen molar-refractivity contribution in [2.75, 3.05) is 72.4 Å². The summed E-state index contributed by atoms with van der Waals surface area (Å²) in [5.41, 5.74) is 0. The molecule has 144 valence electrons. The number of likely N-dealkylation sites (tertiary alicyclic amines) is 1. The highest BCUT2D eigenvalue weighted by atomic mass is 16.5. The van der Waals surface area contributed by atoms with Crippen molar-refractivity contribution < 1.29 is 14.2 Å². The van der Waals surface area contributed by atoms with E-state index in [1.807, 2.05) is 0 Å². The molecule has 1 aliphatic heterocycles. The molecule has 0 unspecified atom stereocenters. The van der Waals surface area contributed by atoms with E-state index in [-0.39, 0.29) is 0 Å². The fourth-order valence-electron chi connectivity index (χ4n) is 2.85. The molecule has 1 heterocycles. The topological polar surface area (TPSA) is 55.0 Å². The molecule has 0 atom stereocenters. The van der Waals surface area contributed by atoms with Crippen molar-refractivity contribution in [2.45, 2.75) is 45.7 Å². The van der Waals surface area contributed by atoms with Gasteiger partial charge in [-0.05, 0) is 32.5 Å². The fourth-order valence-corrected chi connectivity index (χ4v) is 2.85. The Kier molecular flexibility index (Phi) is 13.7. The van der Waals surface area contributed by atoms with Crippen LogP contribution >= 0.6 is 0 Å². The van der Waals surface area contributed by atoms with Crippen LogP contribution in [0.2, 0.25) is 0 Å². The highest BCUT2D eigenvalue weighted by Gasteiger charge is 2.18. The van der Waals surface area contributed by atoms with Crippen LogP contribution in [0.3, 0.4) is 0 Å². The lowest BCUT2D eigenvalue weighted by Gasteiger charge is -2.33. The van der Waals surface area contributed by atoms with E-state index in [0.29, 0.717) is 38.5 Å². The minimum atomic E-state index is 0.586. The molecule has 1 fully saturated rings. The molecular formula is C18H39N3O3. The minimum Gasteiger partial charge on any atom is -0.378 e. The summed E-state index contributed by atoms with van der Waals surface area (Å²) >= 11 is 0. The second kappa shape index (κ2) is 15.0. The number of rotatable bonds is 15. The number of hydrogen-bond donors (Lipinski definition) is 2. The first kappa shape index (κ1) is 21.8. The van der Waals surface area contributed by atoms with E-state index in [1.165, 1.54) is 25.9 Å². The fraction of sp³-hybridized carbons (Fsp3) is 1.00. The van der Waals surface area contributed by atoms with Crippen LogP contribution in [0.15, 0.2) is 0 Å². The second-order valence-corrected chi connectivity index (χ2v) is 6.63. The smallest absolute Gasteiger partial charge is 0.0701 e. The molecule has 0 spiro atoms. The Bertz CT molecular complexity index is 272. The van der Waals surface area contributed by atoms with Gasteiger partial charge in [0.25, 0.3) is 0 Å². The first-order valence-electron chi connectivity index (χ1n) is 9.64. The zero-order chi connectivity index (χ0) is 17.5. The summed E-state index contributed by atoms with van der Waals surface area (Å²) in [6, 6.07) is 1.28. The van der Waals surface area contributed by atoms with E-state index in [9.17, 15) is 0 Å². The van der Waals surface area contributed by atoms with Crippen LogP contribution in [0.25, 0.3) is 0 Å². The summed E-state index contributed by atoms with van der Waals surface area (Å²) in [4.78, 5) is 2.50. The van der Waals surface area contributed by atoms with Crippen molar-refractivity contribution in [3.8, 4) is 0 Å². The molecule has 6 heteroatoms. The third kappa shape index (κ3) is 12.2.